The standard InChI is InChI=1S/C24H24N4O4/c1-14-17(11-21(32-14)16-9-7-15(13-25)8-10-16)23(29)28-20(24(30)31-2)12-22-26-18-5-3-4-6-19(18)27-22/h3-11,20H,12-13,25H2,1-2H3,(H,26,27)(H,28,29)/t20-/m1/s1. The highest BCUT2D eigenvalue weighted by molar-refractivity contribution is 5.98. The second-order valence-electron chi connectivity index (χ2n) is 7.44. The van der Waals surface area contributed by atoms with Crippen LogP contribution < -0.4 is 11.1 Å². The molecule has 4 N–H and O–H groups in total. The van der Waals surface area contributed by atoms with E-state index in [1.54, 1.807) is 13.0 Å². The number of amides is 1. The van der Waals surface area contributed by atoms with Crippen LogP contribution in [0.3, 0.4) is 0 Å². The Morgan fingerprint density at radius 1 is 1.19 bits per heavy atom. The summed E-state index contributed by atoms with van der Waals surface area (Å²) in [7, 11) is 1.28. The normalized spacial score (nSPS) is 12.0. The van der Waals surface area contributed by atoms with E-state index in [0.29, 0.717) is 29.5 Å². The van der Waals surface area contributed by atoms with Crippen LogP contribution in [0.15, 0.2) is 59.0 Å². The van der Waals surface area contributed by atoms with Crippen molar-refractivity contribution in [3.05, 3.63) is 77.3 Å². The molecule has 0 fully saturated rings. The van der Waals surface area contributed by atoms with Crippen molar-refractivity contribution in [2.24, 2.45) is 5.73 Å². The molecule has 0 radical (unpaired) electrons. The van der Waals surface area contributed by atoms with Crippen molar-refractivity contribution in [1.29, 1.82) is 0 Å². The first-order valence-electron chi connectivity index (χ1n) is 10.2. The quantitative estimate of drug-likeness (QED) is 0.386. The zero-order valence-electron chi connectivity index (χ0n) is 17.8. The molecule has 2 aromatic carbocycles. The van der Waals surface area contributed by atoms with E-state index in [2.05, 4.69) is 15.3 Å². The molecule has 164 valence electrons. The number of esters is 1. The maximum Gasteiger partial charge on any atom is 0.328 e. The van der Waals surface area contributed by atoms with E-state index < -0.39 is 17.9 Å². The Hall–Kier alpha value is -3.91. The van der Waals surface area contributed by atoms with Crippen LogP contribution in [0.4, 0.5) is 0 Å². The number of hydrogen-bond donors (Lipinski definition) is 3. The molecule has 2 aromatic heterocycles. The largest absolute Gasteiger partial charge is 0.467 e. The number of aryl methyl sites for hydroxylation is 1. The Bertz CT molecular complexity index is 1220. The third kappa shape index (κ3) is 4.40. The zero-order chi connectivity index (χ0) is 22.7. The molecule has 0 bridgehead atoms. The summed E-state index contributed by atoms with van der Waals surface area (Å²) in [4.78, 5) is 33.0. The number of fused-ring (bicyclic) bond motifs is 1. The van der Waals surface area contributed by atoms with Crippen molar-refractivity contribution in [1.82, 2.24) is 15.3 Å². The number of nitrogens with one attached hydrogen (secondary N) is 2. The number of benzene rings is 2. The number of H-pyrrole nitrogens is 1. The van der Waals surface area contributed by atoms with Crippen LogP contribution in [-0.2, 0) is 22.5 Å². The molecule has 0 unspecified atom stereocenters. The van der Waals surface area contributed by atoms with Gasteiger partial charge in [0, 0.05) is 18.5 Å². The van der Waals surface area contributed by atoms with Crippen LogP contribution in [0.5, 0.6) is 0 Å². The second kappa shape index (κ2) is 9.07. The van der Waals surface area contributed by atoms with Gasteiger partial charge in [0.2, 0.25) is 0 Å². The summed E-state index contributed by atoms with van der Waals surface area (Å²) in [5.41, 5.74) is 9.47. The van der Waals surface area contributed by atoms with E-state index in [9.17, 15) is 9.59 Å². The molecule has 8 nitrogen and oxygen atoms in total. The lowest BCUT2D eigenvalue weighted by Gasteiger charge is -2.15. The average molecular weight is 432 g/mol. The van der Waals surface area contributed by atoms with Gasteiger partial charge < -0.3 is 25.2 Å². The third-order valence-electron chi connectivity index (χ3n) is 5.26. The highest BCUT2D eigenvalue weighted by Crippen LogP contribution is 2.26. The Labute approximate surface area is 184 Å². The van der Waals surface area contributed by atoms with Gasteiger partial charge in [0.15, 0.2) is 0 Å². The van der Waals surface area contributed by atoms with Gasteiger partial charge >= 0.3 is 5.97 Å². The van der Waals surface area contributed by atoms with Crippen molar-refractivity contribution in [2.45, 2.75) is 25.9 Å². The van der Waals surface area contributed by atoms with Gasteiger partial charge in [-0.3, -0.25) is 4.79 Å². The number of para-hydroxylation sites is 2. The molecule has 0 aliphatic rings. The van der Waals surface area contributed by atoms with Crippen LogP contribution >= 0.6 is 0 Å². The van der Waals surface area contributed by atoms with Crippen LogP contribution in [0.2, 0.25) is 0 Å². The molecule has 4 aromatic rings. The minimum absolute atomic E-state index is 0.164. The summed E-state index contributed by atoms with van der Waals surface area (Å²) >= 11 is 0. The number of imidazole rings is 1. The number of carbonyl (C=O) groups excluding carboxylic acids is 2. The number of carbonyl (C=O) groups is 2. The number of nitrogens with zero attached hydrogens (tertiary/aromatic N) is 1. The topological polar surface area (TPSA) is 123 Å². The first-order chi connectivity index (χ1) is 15.5. The SMILES string of the molecule is COC(=O)[C@@H](Cc1nc2ccccc2[nH]1)NC(=O)c1cc(-c2ccc(CN)cc2)oc1C. The number of furan rings is 1. The lowest BCUT2D eigenvalue weighted by molar-refractivity contribution is -0.142. The number of ether oxygens (including phenoxy) is 1. The maximum absolute atomic E-state index is 13.0. The van der Waals surface area contributed by atoms with Gasteiger partial charge in [0.05, 0.1) is 23.7 Å². The van der Waals surface area contributed by atoms with Gasteiger partial charge in [0.25, 0.3) is 5.91 Å². The summed E-state index contributed by atoms with van der Waals surface area (Å²) in [6, 6.07) is 15.9. The van der Waals surface area contributed by atoms with E-state index >= 15 is 0 Å². The summed E-state index contributed by atoms with van der Waals surface area (Å²) in [6.45, 7) is 2.16. The zero-order valence-corrected chi connectivity index (χ0v) is 17.8. The fourth-order valence-electron chi connectivity index (χ4n) is 3.52. The molecule has 0 saturated heterocycles. The Morgan fingerprint density at radius 2 is 1.94 bits per heavy atom. The van der Waals surface area contributed by atoms with Crippen molar-refractivity contribution in [3.8, 4) is 11.3 Å². The molecular formula is C24H24N4O4. The number of rotatable bonds is 7. The molecule has 4 rings (SSSR count). The summed E-state index contributed by atoms with van der Waals surface area (Å²) in [5, 5.41) is 2.75. The van der Waals surface area contributed by atoms with Crippen molar-refractivity contribution in [2.75, 3.05) is 7.11 Å². The summed E-state index contributed by atoms with van der Waals surface area (Å²) < 4.78 is 10.7. The Balaban J connectivity index is 1.54. The van der Waals surface area contributed by atoms with Gasteiger partial charge in [0.1, 0.15) is 23.4 Å². The van der Waals surface area contributed by atoms with Crippen LogP contribution in [0.1, 0.15) is 27.5 Å². The molecule has 0 spiro atoms. The van der Waals surface area contributed by atoms with E-state index in [4.69, 9.17) is 14.9 Å². The molecule has 8 heteroatoms. The van der Waals surface area contributed by atoms with Crippen LogP contribution in [0, 0.1) is 6.92 Å². The summed E-state index contributed by atoms with van der Waals surface area (Å²) in [6.07, 6.45) is 0.164. The highest BCUT2D eigenvalue weighted by Gasteiger charge is 2.26. The van der Waals surface area contributed by atoms with Crippen molar-refractivity contribution in [3.63, 3.8) is 0 Å². The molecule has 0 aliphatic carbocycles. The lowest BCUT2D eigenvalue weighted by atomic mass is 10.1. The van der Waals surface area contributed by atoms with Gasteiger partial charge in [-0.2, -0.15) is 0 Å². The average Bonchev–Trinajstić information content (AvgIpc) is 3.41. The summed E-state index contributed by atoms with van der Waals surface area (Å²) in [5.74, 6) is 0.600. The first kappa shape index (κ1) is 21.3. The molecule has 1 atom stereocenters. The van der Waals surface area contributed by atoms with E-state index in [1.807, 2.05) is 48.5 Å². The van der Waals surface area contributed by atoms with E-state index in [0.717, 1.165) is 22.2 Å². The number of hydrogen-bond acceptors (Lipinski definition) is 6. The molecular weight excluding hydrogens is 408 g/mol. The van der Waals surface area contributed by atoms with Crippen LogP contribution in [-0.4, -0.2) is 35.0 Å². The number of methoxy groups -OCH3 is 1. The third-order valence-corrected chi connectivity index (χ3v) is 5.26. The lowest BCUT2D eigenvalue weighted by Crippen LogP contribution is -2.43. The molecule has 0 aliphatic heterocycles. The van der Waals surface area contributed by atoms with Crippen molar-refractivity contribution >= 4 is 22.9 Å². The predicted molar refractivity (Wildman–Crippen MR) is 120 cm³/mol. The molecule has 0 saturated carbocycles. The van der Waals surface area contributed by atoms with E-state index in [1.165, 1.54) is 7.11 Å². The number of nitrogens with two attached hydrogens (primary N) is 1. The fraction of sp³-hybridized carbons (Fsp3) is 0.208. The molecule has 32 heavy (non-hydrogen) atoms. The van der Waals surface area contributed by atoms with Gasteiger partial charge in [-0.25, -0.2) is 9.78 Å². The smallest absolute Gasteiger partial charge is 0.328 e. The minimum atomic E-state index is -0.908. The Kier molecular flexibility index (Phi) is 6.04. The molecule has 2 heterocycles. The van der Waals surface area contributed by atoms with Gasteiger partial charge in [-0.15, -0.1) is 0 Å². The number of aromatic nitrogens is 2. The van der Waals surface area contributed by atoms with Gasteiger partial charge in [-0.1, -0.05) is 36.4 Å². The first-order valence-corrected chi connectivity index (χ1v) is 10.2. The monoisotopic (exact) mass is 432 g/mol. The minimum Gasteiger partial charge on any atom is -0.467 e. The fourth-order valence-corrected chi connectivity index (χ4v) is 3.52. The Morgan fingerprint density at radius 3 is 2.62 bits per heavy atom. The highest BCUT2D eigenvalue weighted by atomic mass is 16.5. The maximum atomic E-state index is 13.0. The predicted octanol–water partition coefficient (Wildman–Crippen LogP) is 3.10. The molecule has 1 amide bonds. The van der Waals surface area contributed by atoms with Crippen molar-refractivity contribution < 1.29 is 18.7 Å². The van der Waals surface area contributed by atoms with Crippen LogP contribution in [0.25, 0.3) is 22.4 Å². The van der Waals surface area contributed by atoms with Gasteiger partial charge in [-0.05, 0) is 30.7 Å². The second-order valence-corrected chi connectivity index (χ2v) is 7.44. The van der Waals surface area contributed by atoms with E-state index in [-0.39, 0.29) is 6.42 Å². The number of aromatic amines is 1.